The van der Waals surface area contributed by atoms with E-state index in [9.17, 15) is 9.59 Å². The predicted octanol–water partition coefficient (Wildman–Crippen LogP) is 2.04. The maximum Gasteiger partial charge on any atom is 0.323 e. The van der Waals surface area contributed by atoms with Crippen LogP contribution >= 0.6 is 0 Å². The molecule has 1 fully saturated rings. The Bertz CT molecular complexity index is 341. The Balaban J connectivity index is 2.79. The van der Waals surface area contributed by atoms with E-state index in [1.807, 2.05) is 4.90 Å². The smallest absolute Gasteiger partial charge is 0.323 e. The van der Waals surface area contributed by atoms with Gasteiger partial charge in [0.1, 0.15) is 6.54 Å². The molecule has 1 N–H and O–H groups in total. The zero-order chi connectivity index (χ0) is 15.8. The third kappa shape index (κ3) is 5.91. The zero-order valence-electron chi connectivity index (χ0n) is 13.4. The number of rotatable bonds is 8. The topological polar surface area (TPSA) is 70.1 Å². The van der Waals surface area contributed by atoms with Crippen molar-refractivity contribution in [1.29, 1.82) is 0 Å². The minimum Gasteiger partial charge on any atom is -0.480 e. The molecule has 0 heterocycles. The molecule has 0 spiro atoms. The molecule has 0 aromatic carbocycles. The Morgan fingerprint density at radius 2 is 1.90 bits per heavy atom. The zero-order valence-corrected chi connectivity index (χ0v) is 13.4. The lowest BCUT2D eigenvalue weighted by Gasteiger charge is -2.35. The Hall–Kier alpha value is -1.30. The number of aliphatic carboxylic acids is 1. The Morgan fingerprint density at radius 3 is 2.38 bits per heavy atom. The number of nitrogens with zero attached hydrogens (tertiary/aromatic N) is 2. The molecule has 1 saturated carbocycles. The lowest BCUT2D eigenvalue weighted by molar-refractivity contribution is -0.137. The summed E-state index contributed by atoms with van der Waals surface area (Å²) < 4.78 is 4.99. The van der Waals surface area contributed by atoms with Crippen LogP contribution in [-0.4, -0.2) is 66.3 Å². The fraction of sp³-hybridized carbons (Fsp3) is 0.867. The van der Waals surface area contributed by atoms with Crippen molar-refractivity contribution in [2.24, 2.45) is 5.92 Å². The van der Waals surface area contributed by atoms with Crippen molar-refractivity contribution < 1.29 is 19.4 Å². The molecular formula is C15H28N2O4. The molecule has 0 bridgehead atoms. The molecule has 0 atom stereocenters. The van der Waals surface area contributed by atoms with Gasteiger partial charge in [0.15, 0.2) is 0 Å². The minimum absolute atomic E-state index is 0.171. The molecule has 6 nitrogen and oxygen atoms in total. The van der Waals surface area contributed by atoms with Crippen molar-refractivity contribution in [1.82, 2.24) is 9.80 Å². The largest absolute Gasteiger partial charge is 0.480 e. The molecule has 2 amide bonds. The Morgan fingerprint density at radius 1 is 1.29 bits per heavy atom. The van der Waals surface area contributed by atoms with Crippen LogP contribution in [0.4, 0.5) is 4.79 Å². The van der Waals surface area contributed by atoms with Crippen LogP contribution in [0.1, 0.15) is 39.5 Å². The summed E-state index contributed by atoms with van der Waals surface area (Å²) in [6.45, 7) is 5.20. The van der Waals surface area contributed by atoms with E-state index < -0.39 is 5.97 Å². The van der Waals surface area contributed by atoms with Crippen LogP contribution in [0.3, 0.4) is 0 Å². The number of carboxylic acids is 1. The van der Waals surface area contributed by atoms with Crippen LogP contribution < -0.4 is 0 Å². The number of hydrogen-bond acceptors (Lipinski definition) is 3. The van der Waals surface area contributed by atoms with Gasteiger partial charge >= 0.3 is 12.0 Å². The fourth-order valence-corrected chi connectivity index (χ4v) is 2.78. The molecule has 1 rings (SSSR count). The van der Waals surface area contributed by atoms with Crippen LogP contribution in [0.5, 0.6) is 0 Å². The monoisotopic (exact) mass is 300 g/mol. The van der Waals surface area contributed by atoms with Gasteiger partial charge in [0.2, 0.25) is 0 Å². The molecule has 122 valence electrons. The van der Waals surface area contributed by atoms with Crippen molar-refractivity contribution >= 4 is 12.0 Å². The van der Waals surface area contributed by atoms with Gasteiger partial charge in [-0.05, 0) is 18.8 Å². The minimum atomic E-state index is -0.990. The van der Waals surface area contributed by atoms with Crippen molar-refractivity contribution in [3.63, 3.8) is 0 Å². The number of hydrogen-bond donors (Lipinski definition) is 1. The summed E-state index contributed by atoms with van der Waals surface area (Å²) in [7, 11) is 1.55. The van der Waals surface area contributed by atoms with Gasteiger partial charge in [0.05, 0.1) is 6.61 Å². The van der Waals surface area contributed by atoms with Crippen LogP contribution in [0.25, 0.3) is 0 Å². The van der Waals surface area contributed by atoms with E-state index in [1.165, 1.54) is 4.90 Å². The molecule has 6 heteroatoms. The summed E-state index contributed by atoms with van der Waals surface area (Å²) in [6, 6.07) is 0.0776. The summed E-state index contributed by atoms with van der Waals surface area (Å²) in [5.74, 6) is -0.626. The average molecular weight is 300 g/mol. The van der Waals surface area contributed by atoms with E-state index in [4.69, 9.17) is 9.84 Å². The molecule has 0 aromatic rings. The van der Waals surface area contributed by atoms with Crippen molar-refractivity contribution in [2.45, 2.75) is 45.6 Å². The molecule has 0 unspecified atom stereocenters. The molecule has 1 aliphatic rings. The number of carbonyl (C=O) groups excluding carboxylic acids is 1. The van der Waals surface area contributed by atoms with Gasteiger partial charge in [-0.1, -0.05) is 26.7 Å². The van der Waals surface area contributed by atoms with E-state index in [-0.39, 0.29) is 18.6 Å². The molecule has 21 heavy (non-hydrogen) atoms. The van der Waals surface area contributed by atoms with E-state index in [1.54, 1.807) is 7.11 Å². The Labute approximate surface area is 127 Å². The number of methoxy groups -OCH3 is 1. The summed E-state index contributed by atoms with van der Waals surface area (Å²) in [4.78, 5) is 27.0. The van der Waals surface area contributed by atoms with Crippen LogP contribution in [0.2, 0.25) is 0 Å². The number of carbonyl (C=O) groups is 2. The molecule has 0 aromatic heterocycles. The maximum absolute atomic E-state index is 12.7. The molecular weight excluding hydrogens is 272 g/mol. The molecule has 1 aliphatic carbocycles. The quantitative estimate of drug-likeness (QED) is 0.744. The molecule has 0 radical (unpaired) electrons. The lowest BCUT2D eigenvalue weighted by atomic mass is 10.1. The number of amides is 2. The first-order valence-electron chi connectivity index (χ1n) is 7.72. The lowest BCUT2D eigenvalue weighted by Crippen LogP contribution is -2.51. The van der Waals surface area contributed by atoms with Gasteiger partial charge < -0.3 is 19.6 Å². The summed E-state index contributed by atoms with van der Waals surface area (Å²) in [6.07, 6.45) is 4.32. The summed E-state index contributed by atoms with van der Waals surface area (Å²) in [5.41, 5.74) is 0. The standard InChI is InChI=1S/C15H28N2O4/c1-12(2)10-17(13-6-4-5-7-13)15(20)16(8-9-21-3)11-14(18)19/h12-13H,4-11H2,1-3H3,(H,18,19). The first kappa shape index (κ1) is 17.8. The fourth-order valence-electron chi connectivity index (χ4n) is 2.78. The highest BCUT2D eigenvalue weighted by molar-refractivity contribution is 5.80. The van der Waals surface area contributed by atoms with Crippen molar-refractivity contribution in [2.75, 3.05) is 33.4 Å². The van der Waals surface area contributed by atoms with E-state index in [2.05, 4.69) is 13.8 Å². The summed E-state index contributed by atoms with van der Waals surface area (Å²) >= 11 is 0. The third-order valence-corrected chi connectivity index (χ3v) is 3.73. The second-order valence-corrected chi connectivity index (χ2v) is 6.08. The van der Waals surface area contributed by atoms with Gasteiger partial charge in [-0.15, -0.1) is 0 Å². The van der Waals surface area contributed by atoms with Gasteiger partial charge in [-0.25, -0.2) is 4.79 Å². The van der Waals surface area contributed by atoms with Gasteiger partial charge in [0.25, 0.3) is 0 Å². The van der Waals surface area contributed by atoms with Gasteiger partial charge in [-0.3, -0.25) is 4.79 Å². The first-order chi connectivity index (χ1) is 9.95. The van der Waals surface area contributed by atoms with Crippen molar-refractivity contribution in [3.05, 3.63) is 0 Å². The molecule has 0 saturated heterocycles. The summed E-state index contributed by atoms with van der Waals surface area (Å²) in [5, 5.41) is 9.01. The van der Waals surface area contributed by atoms with E-state index >= 15 is 0 Å². The normalized spacial score (nSPS) is 15.4. The SMILES string of the molecule is COCCN(CC(=O)O)C(=O)N(CC(C)C)C1CCCC1. The van der Waals surface area contributed by atoms with Gasteiger partial charge in [0, 0.05) is 26.2 Å². The van der Waals surface area contributed by atoms with E-state index in [0.717, 1.165) is 25.7 Å². The van der Waals surface area contributed by atoms with E-state index in [0.29, 0.717) is 25.6 Å². The first-order valence-corrected chi connectivity index (χ1v) is 7.72. The molecule has 0 aliphatic heterocycles. The highest BCUT2D eigenvalue weighted by Gasteiger charge is 2.30. The van der Waals surface area contributed by atoms with Crippen LogP contribution in [0.15, 0.2) is 0 Å². The van der Waals surface area contributed by atoms with Crippen LogP contribution in [-0.2, 0) is 9.53 Å². The highest BCUT2D eigenvalue weighted by atomic mass is 16.5. The number of ether oxygens (including phenoxy) is 1. The third-order valence-electron chi connectivity index (χ3n) is 3.73. The van der Waals surface area contributed by atoms with Crippen molar-refractivity contribution in [3.8, 4) is 0 Å². The number of urea groups is 1. The number of carboxylic acid groups (broad SMARTS) is 1. The second kappa shape index (κ2) is 8.87. The highest BCUT2D eigenvalue weighted by Crippen LogP contribution is 2.25. The van der Waals surface area contributed by atoms with Gasteiger partial charge in [-0.2, -0.15) is 0 Å². The average Bonchev–Trinajstić information content (AvgIpc) is 2.93. The second-order valence-electron chi connectivity index (χ2n) is 6.08. The maximum atomic E-state index is 12.7. The predicted molar refractivity (Wildman–Crippen MR) is 80.3 cm³/mol. The Kier molecular flexibility index (Phi) is 7.50. The van der Waals surface area contributed by atoms with Crippen LogP contribution in [0, 0.1) is 5.92 Å².